The van der Waals surface area contributed by atoms with Gasteiger partial charge in [-0.1, -0.05) is 24.3 Å². The molecule has 1 heterocycles. The van der Waals surface area contributed by atoms with Gasteiger partial charge in [0.2, 0.25) is 0 Å². The normalized spacial score (nSPS) is 17.2. The highest BCUT2D eigenvalue weighted by Gasteiger charge is 2.06. The molecule has 1 aromatic rings. The Kier molecular flexibility index (Phi) is 5.17. The predicted molar refractivity (Wildman–Crippen MR) is 70.3 cm³/mol. The van der Waals surface area contributed by atoms with Crippen LogP contribution in [-0.2, 0) is 0 Å². The summed E-state index contributed by atoms with van der Waals surface area (Å²) in [5, 5.41) is 3.31. The van der Waals surface area contributed by atoms with E-state index in [4.69, 9.17) is 4.74 Å². The minimum atomic E-state index is -0.312. The number of hydrogen-bond acceptors (Lipinski definition) is 3. The second kappa shape index (κ2) is 7.13. The molecule has 0 amide bonds. The van der Waals surface area contributed by atoms with Crippen LogP contribution in [-0.4, -0.2) is 44.2 Å². The summed E-state index contributed by atoms with van der Waals surface area (Å²) >= 11 is 0. The van der Waals surface area contributed by atoms with Crippen molar-refractivity contribution in [3.05, 3.63) is 42.2 Å². The van der Waals surface area contributed by atoms with Crippen molar-refractivity contribution in [3.8, 4) is 5.75 Å². The minimum absolute atomic E-state index is 0.310. The molecule has 0 aliphatic carbocycles. The highest BCUT2D eigenvalue weighted by atomic mass is 19.1. The third-order valence-corrected chi connectivity index (χ3v) is 2.91. The van der Waals surface area contributed by atoms with Gasteiger partial charge in [-0.25, -0.2) is 4.39 Å². The summed E-state index contributed by atoms with van der Waals surface area (Å²) in [5.41, 5.74) is 0. The number of halogens is 1. The topological polar surface area (TPSA) is 24.5 Å². The van der Waals surface area contributed by atoms with Gasteiger partial charge in [0.25, 0.3) is 0 Å². The maximum Gasteiger partial charge on any atom is 0.165 e. The number of benzene rings is 1. The van der Waals surface area contributed by atoms with Crippen LogP contribution in [0.5, 0.6) is 5.75 Å². The Hall–Kier alpha value is -1.39. The molecule has 1 N–H and O–H groups in total. The monoisotopic (exact) mass is 250 g/mol. The largest absolute Gasteiger partial charge is 0.486 e. The van der Waals surface area contributed by atoms with Crippen molar-refractivity contribution >= 4 is 0 Å². The summed E-state index contributed by atoms with van der Waals surface area (Å²) < 4.78 is 18.6. The molecular weight excluding hydrogens is 231 g/mol. The molecule has 0 spiro atoms. The summed E-state index contributed by atoms with van der Waals surface area (Å²) in [4.78, 5) is 2.37. The third-order valence-electron chi connectivity index (χ3n) is 2.91. The van der Waals surface area contributed by atoms with E-state index in [2.05, 4.69) is 16.3 Å². The van der Waals surface area contributed by atoms with Crippen molar-refractivity contribution < 1.29 is 9.13 Å². The van der Waals surface area contributed by atoms with Gasteiger partial charge >= 0.3 is 0 Å². The van der Waals surface area contributed by atoms with Gasteiger partial charge in [0.15, 0.2) is 11.6 Å². The Morgan fingerprint density at radius 3 is 2.78 bits per heavy atom. The molecule has 0 atom stereocenters. The van der Waals surface area contributed by atoms with Crippen molar-refractivity contribution in [1.82, 2.24) is 10.2 Å². The van der Waals surface area contributed by atoms with E-state index in [0.717, 1.165) is 32.7 Å². The number of nitrogens with one attached hydrogen (secondary N) is 1. The lowest BCUT2D eigenvalue weighted by Crippen LogP contribution is -2.43. The molecule has 0 saturated carbocycles. The molecule has 1 fully saturated rings. The number of nitrogens with zero attached hydrogens (tertiary/aromatic N) is 1. The highest BCUT2D eigenvalue weighted by Crippen LogP contribution is 2.14. The van der Waals surface area contributed by atoms with Gasteiger partial charge < -0.3 is 10.1 Å². The van der Waals surface area contributed by atoms with Gasteiger partial charge in [0.1, 0.15) is 6.61 Å². The first-order chi connectivity index (χ1) is 8.86. The quantitative estimate of drug-likeness (QED) is 0.804. The van der Waals surface area contributed by atoms with E-state index in [1.807, 2.05) is 6.08 Å². The number of para-hydroxylation sites is 1. The zero-order valence-electron chi connectivity index (χ0n) is 10.4. The molecule has 2 rings (SSSR count). The molecule has 4 heteroatoms. The van der Waals surface area contributed by atoms with Crippen LogP contribution < -0.4 is 10.1 Å². The molecule has 1 aromatic carbocycles. The summed E-state index contributed by atoms with van der Waals surface area (Å²) in [6.07, 6.45) is 4.01. The molecule has 3 nitrogen and oxygen atoms in total. The summed E-state index contributed by atoms with van der Waals surface area (Å²) in [7, 11) is 0. The lowest BCUT2D eigenvalue weighted by atomic mass is 10.3. The standard InChI is InChI=1S/C14H19FN2O/c15-13-5-1-2-6-14(13)18-12-4-3-9-17-10-7-16-8-11-17/h1-6,16H,7-12H2/b4-3+. The molecule has 0 radical (unpaired) electrons. The SMILES string of the molecule is Fc1ccccc1OC/C=C/CN1CCNCC1. The molecule has 18 heavy (non-hydrogen) atoms. The van der Waals surface area contributed by atoms with E-state index < -0.39 is 0 Å². The fraction of sp³-hybridized carbons (Fsp3) is 0.429. The predicted octanol–water partition coefficient (Wildman–Crippen LogP) is 1.67. The second-order valence-electron chi connectivity index (χ2n) is 4.26. The van der Waals surface area contributed by atoms with E-state index in [-0.39, 0.29) is 5.82 Å². The lowest BCUT2D eigenvalue weighted by Gasteiger charge is -2.25. The van der Waals surface area contributed by atoms with Crippen LogP contribution in [0.3, 0.4) is 0 Å². The highest BCUT2D eigenvalue weighted by molar-refractivity contribution is 5.23. The van der Waals surface area contributed by atoms with E-state index >= 15 is 0 Å². The first-order valence-electron chi connectivity index (χ1n) is 6.31. The fourth-order valence-corrected chi connectivity index (χ4v) is 1.89. The molecule has 0 aromatic heterocycles. The molecule has 1 aliphatic rings. The molecule has 0 bridgehead atoms. The maximum absolute atomic E-state index is 13.2. The summed E-state index contributed by atoms with van der Waals surface area (Å²) in [6, 6.07) is 6.46. The summed E-state index contributed by atoms with van der Waals surface area (Å²) in [6.45, 7) is 5.62. The van der Waals surface area contributed by atoms with Gasteiger partial charge in [-0.05, 0) is 12.1 Å². The number of piperazine rings is 1. The zero-order valence-corrected chi connectivity index (χ0v) is 10.4. The minimum Gasteiger partial charge on any atom is -0.486 e. The van der Waals surface area contributed by atoms with Crippen LogP contribution in [0.2, 0.25) is 0 Å². The van der Waals surface area contributed by atoms with E-state index in [9.17, 15) is 4.39 Å². The summed E-state index contributed by atoms with van der Waals surface area (Å²) in [5.74, 6) is -0.00247. The van der Waals surface area contributed by atoms with Crippen molar-refractivity contribution in [2.24, 2.45) is 0 Å². The Morgan fingerprint density at radius 1 is 1.22 bits per heavy atom. The van der Waals surface area contributed by atoms with Gasteiger partial charge in [-0.15, -0.1) is 0 Å². The number of hydrogen-bond donors (Lipinski definition) is 1. The molecule has 98 valence electrons. The molecular formula is C14H19FN2O. The average Bonchev–Trinajstić information content (AvgIpc) is 2.42. The van der Waals surface area contributed by atoms with E-state index in [1.165, 1.54) is 6.07 Å². The Bertz CT molecular complexity index is 389. The number of ether oxygens (including phenoxy) is 1. The Labute approximate surface area is 107 Å². The molecule has 1 saturated heterocycles. The number of rotatable bonds is 5. The van der Waals surface area contributed by atoms with Gasteiger partial charge in [0.05, 0.1) is 0 Å². The van der Waals surface area contributed by atoms with Crippen LogP contribution in [0.1, 0.15) is 0 Å². The van der Waals surface area contributed by atoms with Crippen molar-refractivity contribution in [1.29, 1.82) is 0 Å². The molecule has 0 unspecified atom stereocenters. The van der Waals surface area contributed by atoms with E-state index in [0.29, 0.717) is 12.4 Å². The average molecular weight is 250 g/mol. The molecule has 1 aliphatic heterocycles. The van der Waals surface area contributed by atoms with E-state index in [1.54, 1.807) is 18.2 Å². The second-order valence-corrected chi connectivity index (χ2v) is 4.26. The first-order valence-corrected chi connectivity index (χ1v) is 6.31. The van der Waals surface area contributed by atoms with Crippen molar-refractivity contribution in [3.63, 3.8) is 0 Å². The fourth-order valence-electron chi connectivity index (χ4n) is 1.89. The van der Waals surface area contributed by atoms with Gasteiger partial charge in [-0.3, -0.25) is 4.90 Å². The van der Waals surface area contributed by atoms with Crippen LogP contribution in [0.25, 0.3) is 0 Å². The smallest absolute Gasteiger partial charge is 0.165 e. The van der Waals surface area contributed by atoms with Crippen LogP contribution in [0.15, 0.2) is 36.4 Å². The lowest BCUT2D eigenvalue weighted by molar-refractivity contribution is 0.264. The first kappa shape index (κ1) is 13.1. The zero-order chi connectivity index (χ0) is 12.6. The van der Waals surface area contributed by atoms with Gasteiger partial charge in [-0.2, -0.15) is 0 Å². The van der Waals surface area contributed by atoms with Crippen molar-refractivity contribution in [2.75, 3.05) is 39.3 Å². The maximum atomic E-state index is 13.2. The van der Waals surface area contributed by atoms with Crippen LogP contribution in [0, 0.1) is 5.82 Å². The van der Waals surface area contributed by atoms with Crippen LogP contribution >= 0.6 is 0 Å². The third kappa shape index (κ3) is 4.13. The van der Waals surface area contributed by atoms with Crippen molar-refractivity contribution in [2.45, 2.75) is 0 Å². The Morgan fingerprint density at radius 2 is 2.00 bits per heavy atom. The Balaban J connectivity index is 1.67. The van der Waals surface area contributed by atoms with Crippen LogP contribution in [0.4, 0.5) is 4.39 Å². The van der Waals surface area contributed by atoms with Gasteiger partial charge in [0, 0.05) is 32.7 Å².